The largest absolute Gasteiger partial charge is 0.271 e. The monoisotopic (exact) mass is 253 g/mol. The van der Waals surface area contributed by atoms with E-state index in [0.29, 0.717) is 0 Å². The Kier molecular flexibility index (Phi) is 3.58. The van der Waals surface area contributed by atoms with Crippen LogP contribution in [-0.2, 0) is 19.3 Å². The second-order valence-corrected chi connectivity index (χ2v) is 5.13. The van der Waals surface area contributed by atoms with E-state index in [9.17, 15) is 0 Å². The Bertz CT molecular complexity index is 551. The molecule has 0 fully saturated rings. The molecule has 1 aliphatic rings. The number of aryl methyl sites for hydroxylation is 2. The Morgan fingerprint density at radius 2 is 2.05 bits per heavy atom. The first-order valence-electron chi connectivity index (χ1n) is 6.84. The average molecular weight is 253 g/mol. The molecule has 19 heavy (non-hydrogen) atoms. The number of nitrogens with zero attached hydrogens (tertiary/aromatic N) is 1. The number of pyridine rings is 1. The number of hydrazine groups is 1. The van der Waals surface area contributed by atoms with Crippen LogP contribution in [0.2, 0.25) is 0 Å². The Labute approximate surface area is 113 Å². The quantitative estimate of drug-likeness (QED) is 0.649. The molecule has 1 aromatic heterocycles. The van der Waals surface area contributed by atoms with Gasteiger partial charge in [0.1, 0.15) is 0 Å². The summed E-state index contributed by atoms with van der Waals surface area (Å²) >= 11 is 0. The van der Waals surface area contributed by atoms with Crippen molar-refractivity contribution in [2.45, 2.75) is 31.7 Å². The normalized spacial score (nSPS) is 15.2. The second-order valence-electron chi connectivity index (χ2n) is 5.13. The van der Waals surface area contributed by atoms with Crippen LogP contribution in [0.4, 0.5) is 0 Å². The van der Waals surface area contributed by atoms with Crippen LogP contribution in [0.15, 0.2) is 42.6 Å². The molecular formula is C16H19N3. The molecule has 0 saturated carbocycles. The van der Waals surface area contributed by atoms with Crippen molar-refractivity contribution >= 4 is 0 Å². The summed E-state index contributed by atoms with van der Waals surface area (Å²) < 4.78 is 0. The van der Waals surface area contributed by atoms with E-state index in [1.807, 2.05) is 24.4 Å². The van der Waals surface area contributed by atoms with E-state index in [1.54, 1.807) is 0 Å². The van der Waals surface area contributed by atoms with E-state index < -0.39 is 0 Å². The van der Waals surface area contributed by atoms with E-state index in [2.05, 4.69) is 28.6 Å². The van der Waals surface area contributed by atoms with Crippen LogP contribution in [0, 0.1) is 0 Å². The summed E-state index contributed by atoms with van der Waals surface area (Å²) in [6, 6.07) is 12.8. The number of aromatic nitrogens is 1. The summed E-state index contributed by atoms with van der Waals surface area (Å²) in [6.07, 6.45) is 6.42. The Hall–Kier alpha value is -1.71. The topological polar surface area (TPSA) is 50.9 Å². The van der Waals surface area contributed by atoms with Crippen molar-refractivity contribution in [3.05, 3.63) is 65.0 Å². The molecule has 0 spiro atoms. The first-order chi connectivity index (χ1) is 9.36. The molecular weight excluding hydrogens is 234 g/mol. The molecule has 1 heterocycles. The van der Waals surface area contributed by atoms with Crippen LogP contribution >= 0.6 is 0 Å². The first-order valence-corrected chi connectivity index (χ1v) is 6.84. The van der Waals surface area contributed by atoms with E-state index in [1.165, 1.54) is 36.0 Å². The van der Waals surface area contributed by atoms with Crippen molar-refractivity contribution in [3.63, 3.8) is 0 Å². The minimum absolute atomic E-state index is 0.0700. The molecule has 3 nitrogen and oxygen atoms in total. The molecule has 3 rings (SSSR count). The standard InChI is InChI=1S/C16H19N3/c17-19-16(15-6-1-2-9-18-15)11-12-7-8-13-4-3-5-14(13)10-12/h1-2,6-10,16,19H,3-5,11,17H2. The zero-order valence-electron chi connectivity index (χ0n) is 11.0. The molecule has 1 atom stereocenters. The van der Waals surface area contributed by atoms with Crippen LogP contribution in [0.25, 0.3) is 0 Å². The van der Waals surface area contributed by atoms with Crippen LogP contribution in [0.3, 0.4) is 0 Å². The van der Waals surface area contributed by atoms with Gasteiger partial charge < -0.3 is 0 Å². The van der Waals surface area contributed by atoms with Crippen molar-refractivity contribution in [2.24, 2.45) is 5.84 Å². The summed E-state index contributed by atoms with van der Waals surface area (Å²) in [5, 5.41) is 0. The van der Waals surface area contributed by atoms with E-state index >= 15 is 0 Å². The molecule has 0 radical (unpaired) electrons. The zero-order valence-corrected chi connectivity index (χ0v) is 11.0. The highest BCUT2D eigenvalue weighted by Crippen LogP contribution is 2.24. The molecule has 1 aromatic carbocycles. The lowest BCUT2D eigenvalue weighted by Gasteiger charge is -2.16. The third-order valence-electron chi connectivity index (χ3n) is 3.85. The van der Waals surface area contributed by atoms with Gasteiger partial charge in [0.25, 0.3) is 0 Å². The Morgan fingerprint density at radius 1 is 1.16 bits per heavy atom. The highest BCUT2D eigenvalue weighted by atomic mass is 15.2. The molecule has 2 aromatic rings. The maximum absolute atomic E-state index is 5.68. The van der Waals surface area contributed by atoms with Crippen molar-refractivity contribution in [1.29, 1.82) is 0 Å². The molecule has 3 heteroatoms. The predicted molar refractivity (Wildman–Crippen MR) is 76.5 cm³/mol. The highest BCUT2D eigenvalue weighted by molar-refractivity contribution is 5.36. The molecule has 98 valence electrons. The summed E-state index contributed by atoms with van der Waals surface area (Å²) in [7, 11) is 0. The summed E-state index contributed by atoms with van der Waals surface area (Å²) in [6.45, 7) is 0. The lowest BCUT2D eigenvalue weighted by atomic mass is 9.99. The van der Waals surface area contributed by atoms with Gasteiger partial charge in [-0.3, -0.25) is 16.3 Å². The van der Waals surface area contributed by atoms with Gasteiger partial charge in [0.05, 0.1) is 11.7 Å². The molecule has 0 saturated heterocycles. The number of fused-ring (bicyclic) bond motifs is 1. The van der Waals surface area contributed by atoms with Gasteiger partial charge in [-0.1, -0.05) is 24.3 Å². The number of hydrogen-bond donors (Lipinski definition) is 2. The fraction of sp³-hybridized carbons (Fsp3) is 0.312. The zero-order chi connectivity index (χ0) is 13.1. The predicted octanol–water partition coefficient (Wildman–Crippen LogP) is 2.32. The van der Waals surface area contributed by atoms with Crippen molar-refractivity contribution in [2.75, 3.05) is 0 Å². The van der Waals surface area contributed by atoms with Gasteiger partial charge in [-0.25, -0.2) is 0 Å². The third-order valence-corrected chi connectivity index (χ3v) is 3.85. The van der Waals surface area contributed by atoms with Gasteiger partial charge in [0, 0.05) is 6.20 Å². The molecule has 0 aliphatic heterocycles. The summed E-state index contributed by atoms with van der Waals surface area (Å²) in [5.41, 5.74) is 8.21. The van der Waals surface area contributed by atoms with Crippen LogP contribution in [-0.4, -0.2) is 4.98 Å². The summed E-state index contributed by atoms with van der Waals surface area (Å²) in [5.74, 6) is 5.68. The fourth-order valence-corrected chi connectivity index (χ4v) is 2.82. The van der Waals surface area contributed by atoms with E-state index in [0.717, 1.165) is 12.1 Å². The lowest BCUT2D eigenvalue weighted by Crippen LogP contribution is -2.30. The van der Waals surface area contributed by atoms with Gasteiger partial charge in [-0.15, -0.1) is 0 Å². The minimum atomic E-state index is 0.0700. The van der Waals surface area contributed by atoms with Crippen LogP contribution in [0.1, 0.15) is 34.8 Å². The molecule has 3 N–H and O–H groups in total. The van der Waals surface area contributed by atoms with Gasteiger partial charge in [-0.05, 0) is 54.5 Å². The number of nitrogens with two attached hydrogens (primary N) is 1. The van der Waals surface area contributed by atoms with Crippen molar-refractivity contribution in [3.8, 4) is 0 Å². The van der Waals surface area contributed by atoms with Crippen LogP contribution in [0.5, 0.6) is 0 Å². The smallest absolute Gasteiger partial charge is 0.0672 e. The summed E-state index contributed by atoms with van der Waals surface area (Å²) in [4.78, 5) is 4.38. The van der Waals surface area contributed by atoms with Crippen molar-refractivity contribution < 1.29 is 0 Å². The van der Waals surface area contributed by atoms with Gasteiger partial charge in [-0.2, -0.15) is 0 Å². The Morgan fingerprint density at radius 3 is 2.84 bits per heavy atom. The molecule has 0 bridgehead atoms. The second kappa shape index (κ2) is 5.51. The number of benzene rings is 1. The average Bonchev–Trinajstić information content (AvgIpc) is 2.93. The first kappa shape index (κ1) is 12.3. The minimum Gasteiger partial charge on any atom is -0.271 e. The maximum atomic E-state index is 5.68. The highest BCUT2D eigenvalue weighted by Gasteiger charge is 2.14. The maximum Gasteiger partial charge on any atom is 0.0672 e. The fourth-order valence-electron chi connectivity index (χ4n) is 2.82. The molecule has 1 aliphatic carbocycles. The number of nitrogens with one attached hydrogen (secondary N) is 1. The molecule has 0 amide bonds. The third kappa shape index (κ3) is 2.67. The van der Waals surface area contributed by atoms with Gasteiger partial charge >= 0.3 is 0 Å². The lowest BCUT2D eigenvalue weighted by molar-refractivity contribution is 0.538. The number of rotatable bonds is 4. The van der Waals surface area contributed by atoms with Crippen LogP contribution < -0.4 is 11.3 Å². The van der Waals surface area contributed by atoms with Gasteiger partial charge in [0.2, 0.25) is 0 Å². The SMILES string of the molecule is NNC(Cc1ccc2c(c1)CCC2)c1ccccn1. The van der Waals surface area contributed by atoms with E-state index in [4.69, 9.17) is 5.84 Å². The van der Waals surface area contributed by atoms with E-state index in [-0.39, 0.29) is 6.04 Å². The number of hydrogen-bond acceptors (Lipinski definition) is 3. The Balaban J connectivity index is 1.80. The van der Waals surface area contributed by atoms with Crippen molar-refractivity contribution in [1.82, 2.24) is 10.4 Å². The molecule has 1 unspecified atom stereocenters. The van der Waals surface area contributed by atoms with Gasteiger partial charge in [0.15, 0.2) is 0 Å².